The Balaban J connectivity index is 1.96. The second-order valence-electron chi connectivity index (χ2n) is 4.41. The van der Waals surface area contributed by atoms with Crippen LogP contribution in [0.4, 0.5) is 0 Å². The Hall–Kier alpha value is -0.940. The van der Waals surface area contributed by atoms with Crippen LogP contribution in [0.15, 0.2) is 20.0 Å². The first-order valence-corrected chi connectivity index (χ1v) is 8.50. The van der Waals surface area contributed by atoms with Crippen molar-refractivity contribution < 1.29 is 27.5 Å². The number of carbonyl (C=O) groups is 1. The van der Waals surface area contributed by atoms with Gasteiger partial charge in [-0.05, 0) is 15.9 Å². The second kappa shape index (κ2) is 6.88. The summed E-state index contributed by atoms with van der Waals surface area (Å²) in [5.74, 6) is -1.76. The maximum atomic E-state index is 12.1. The lowest BCUT2D eigenvalue weighted by Gasteiger charge is -2.26. The van der Waals surface area contributed by atoms with Gasteiger partial charge in [-0.2, -0.15) is 0 Å². The molecule has 0 aromatic carbocycles. The average Bonchev–Trinajstić information content (AvgIpc) is 2.83. The van der Waals surface area contributed by atoms with E-state index in [-0.39, 0.29) is 16.1 Å². The van der Waals surface area contributed by atoms with Crippen LogP contribution in [0.2, 0.25) is 0 Å². The molecule has 1 saturated heterocycles. The third-order valence-electron chi connectivity index (χ3n) is 2.98. The Bertz CT molecular complexity index is 608. The number of rotatable bonds is 6. The van der Waals surface area contributed by atoms with Gasteiger partial charge in [0.25, 0.3) is 0 Å². The van der Waals surface area contributed by atoms with Crippen LogP contribution >= 0.6 is 15.9 Å². The topological polar surface area (TPSA) is 109 Å². The zero-order valence-electron chi connectivity index (χ0n) is 11.0. The first-order chi connectivity index (χ1) is 9.90. The van der Waals surface area contributed by atoms with Gasteiger partial charge in [0.1, 0.15) is 4.90 Å². The average molecular weight is 383 g/mol. The molecule has 10 heteroatoms. The summed E-state index contributed by atoms with van der Waals surface area (Å²) in [6.07, 6.45) is 0. The molecule has 8 nitrogen and oxygen atoms in total. The molecule has 0 bridgehead atoms. The summed E-state index contributed by atoms with van der Waals surface area (Å²) in [4.78, 5) is 12.6. The monoisotopic (exact) mass is 382 g/mol. The predicted molar refractivity (Wildman–Crippen MR) is 75.8 cm³/mol. The van der Waals surface area contributed by atoms with Gasteiger partial charge in [-0.3, -0.25) is 4.90 Å². The Morgan fingerprint density at radius 2 is 2.10 bits per heavy atom. The van der Waals surface area contributed by atoms with Gasteiger partial charge in [0.15, 0.2) is 4.67 Å². The molecule has 1 aromatic heterocycles. The van der Waals surface area contributed by atoms with Gasteiger partial charge in [0.05, 0.1) is 13.2 Å². The lowest BCUT2D eigenvalue weighted by Crippen LogP contribution is -2.41. The molecule has 0 saturated carbocycles. The van der Waals surface area contributed by atoms with Gasteiger partial charge in [0.2, 0.25) is 15.8 Å². The number of ether oxygens (including phenoxy) is 1. The van der Waals surface area contributed by atoms with Gasteiger partial charge in [0, 0.05) is 32.2 Å². The molecular formula is C11H15BrN2O6S. The SMILES string of the molecule is O=C(O)c1cc(S(=O)(=O)NCCN2CCOCC2)c(Br)o1. The van der Waals surface area contributed by atoms with E-state index in [1.54, 1.807) is 0 Å². The van der Waals surface area contributed by atoms with Crippen LogP contribution in [0, 0.1) is 0 Å². The quantitative estimate of drug-likeness (QED) is 0.730. The highest BCUT2D eigenvalue weighted by atomic mass is 79.9. The summed E-state index contributed by atoms with van der Waals surface area (Å²) in [5.41, 5.74) is 0. The first kappa shape index (κ1) is 16.4. The largest absolute Gasteiger partial charge is 0.475 e. The van der Waals surface area contributed by atoms with Gasteiger partial charge >= 0.3 is 5.97 Å². The van der Waals surface area contributed by atoms with Crippen molar-refractivity contribution in [2.75, 3.05) is 39.4 Å². The molecule has 0 atom stereocenters. The summed E-state index contributed by atoms with van der Waals surface area (Å²) in [6, 6.07) is 0.976. The molecule has 2 rings (SSSR count). The normalized spacial score (nSPS) is 17.0. The van der Waals surface area contributed by atoms with E-state index in [4.69, 9.17) is 14.3 Å². The molecule has 118 valence electrons. The Kier molecular flexibility index (Phi) is 5.38. The van der Waals surface area contributed by atoms with E-state index in [1.165, 1.54) is 0 Å². The zero-order valence-corrected chi connectivity index (χ0v) is 13.4. The van der Waals surface area contributed by atoms with E-state index in [0.717, 1.165) is 19.2 Å². The molecule has 1 aromatic rings. The van der Waals surface area contributed by atoms with Gasteiger partial charge in [-0.15, -0.1) is 0 Å². The van der Waals surface area contributed by atoms with E-state index in [1.807, 2.05) is 0 Å². The zero-order chi connectivity index (χ0) is 15.5. The number of nitrogens with one attached hydrogen (secondary N) is 1. The van der Waals surface area contributed by atoms with Crippen LogP contribution in [-0.2, 0) is 14.8 Å². The standard InChI is InChI=1S/C11H15BrN2O6S/c12-10-9(7-8(20-10)11(15)16)21(17,18)13-1-2-14-3-5-19-6-4-14/h7,13H,1-6H2,(H,15,16). The van der Waals surface area contributed by atoms with Gasteiger partial charge in [-0.1, -0.05) is 0 Å². The van der Waals surface area contributed by atoms with Crippen molar-refractivity contribution in [1.82, 2.24) is 9.62 Å². The van der Waals surface area contributed by atoms with E-state index in [2.05, 4.69) is 25.6 Å². The highest BCUT2D eigenvalue weighted by Gasteiger charge is 2.24. The van der Waals surface area contributed by atoms with Crippen molar-refractivity contribution in [3.8, 4) is 0 Å². The maximum Gasteiger partial charge on any atom is 0.371 e. The molecule has 2 heterocycles. The van der Waals surface area contributed by atoms with E-state index in [9.17, 15) is 13.2 Å². The molecule has 1 aliphatic rings. The Morgan fingerprint density at radius 3 is 2.67 bits per heavy atom. The summed E-state index contributed by atoms with van der Waals surface area (Å²) < 4.78 is 36.5. The molecule has 2 N–H and O–H groups in total. The molecule has 0 unspecified atom stereocenters. The number of furan rings is 1. The van der Waals surface area contributed by atoms with E-state index < -0.39 is 21.8 Å². The smallest absolute Gasteiger partial charge is 0.371 e. The highest BCUT2D eigenvalue weighted by Crippen LogP contribution is 2.25. The fourth-order valence-corrected chi connectivity index (χ4v) is 3.84. The Labute approximate surface area is 130 Å². The third-order valence-corrected chi connectivity index (χ3v) is 5.30. The van der Waals surface area contributed by atoms with Crippen molar-refractivity contribution in [3.63, 3.8) is 0 Å². The van der Waals surface area contributed by atoms with Crippen molar-refractivity contribution in [2.45, 2.75) is 4.90 Å². The predicted octanol–water partition coefficient (Wildman–Crippen LogP) is 0.351. The van der Waals surface area contributed by atoms with Crippen molar-refractivity contribution >= 4 is 31.9 Å². The number of halogens is 1. The fourth-order valence-electron chi connectivity index (χ4n) is 1.88. The molecule has 1 fully saturated rings. The fraction of sp³-hybridized carbons (Fsp3) is 0.545. The molecule has 1 aliphatic heterocycles. The van der Waals surface area contributed by atoms with Crippen LogP contribution in [-0.4, -0.2) is 63.8 Å². The number of hydrogen-bond acceptors (Lipinski definition) is 6. The summed E-state index contributed by atoms with van der Waals surface area (Å²) in [5, 5.41) is 8.79. The number of hydrogen-bond donors (Lipinski definition) is 2. The molecule has 0 spiro atoms. The third kappa shape index (κ3) is 4.27. The highest BCUT2D eigenvalue weighted by molar-refractivity contribution is 9.10. The maximum absolute atomic E-state index is 12.1. The number of nitrogens with zero attached hydrogens (tertiary/aromatic N) is 1. The molecule has 0 amide bonds. The van der Waals surface area contributed by atoms with Crippen LogP contribution in [0.25, 0.3) is 0 Å². The summed E-state index contributed by atoms with van der Waals surface area (Å²) in [6.45, 7) is 3.59. The minimum Gasteiger partial charge on any atom is -0.475 e. The van der Waals surface area contributed by atoms with Crippen molar-refractivity contribution in [2.24, 2.45) is 0 Å². The Morgan fingerprint density at radius 1 is 1.43 bits per heavy atom. The van der Waals surface area contributed by atoms with Crippen molar-refractivity contribution in [3.05, 3.63) is 16.5 Å². The van der Waals surface area contributed by atoms with Gasteiger partial charge < -0.3 is 14.3 Å². The number of morpholine rings is 1. The van der Waals surface area contributed by atoms with E-state index in [0.29, 0.717) is 19.8 Å². The first-order valence-electron chi connectivity index (χ1n) is 6.22. The van der Waals surface area contributed by atoms with Crippen LogP contribution in [0.1, 0.15) is 10.6 Å². The summed E-state index contributed by atoms with van der Waals surface area (Å²) >= 11 is 2.91. The van der Waals surface area contributed by atoms with Crippen molar-refractivity contribution in [1.29, 1.82) is 0 Å². The minimum absolute atomic E-state index is 0.126. The van der Waals surface area contributed by atoms with E-state index >= 15 is 0 Å². The number of carboxylic acid groups (broad SMARTS) is 1. The van der Waals surface area contributed by atoms with Crippen LogP contribution in [0.5, 0.6) is 0 Å². The molecule has 0 aliphatic carbocycles. The molecular weight excluding hydrogens is 368 g/mol. The molecule has 0 radical (unpaired) electrons. The van der Waals surface area contributed by atoms with Crippen LogP contribution in [0.3, 0.4) is 0 Å². The lowest BCUT2D eigenvalue weighted by atomic mass is 10.4. The van der Waals surface area contributed by atoms with Crippen LogP contribution < -0.4 is 4.72 Å². The number of carboxylic acids is 1. The number of sulfonamides is 1. The molecule has 21 heavy (non-hydrogen) atoms. The second-order valence-corrected chi connectivity index (χ2v) is 6.86. The van der Waals surface area contributed by atoms with Gasteiger partial charge in [-0.25, -0.2) is 17.9 Å². The number of aromatic carboxylic acids is 1. The minimum atomic E-state index is -3.82. The lowest BCUT2D eigenvalue weighted by molar-refractivity contribution is 0.0390. The summed E-state index contributed by atoms with van der Waals surface area (Å²) in [7, 11) is -3.82.